The number of carbonyl (C=O) groups is 1. The molecule has 0 heterocycles. The van der Waals surface area contributed by atoms with Gasteiger partial charge in [-0.25, -0.2) is 0 Å². The molecule has 0 unspecified atom stereocenters. The summed E-state index contributed by atoms with van der Waals surface area (Å²) in [6.45, 7) is 16.0. The maximum Gasteiger partial charge on any atom is 0.192 e. The van der Waals surface area contributed by atoms with Crippen LogP contribution in [0.1, 0.15) is 47.5 Å². The first-order chi connectivity index (χ1) is 7.11. The minimum Gasteiger partial charge on any atom is -0.417 e. The third kappa shape index (κ3) is 4.38. The molecule has 0 aromatic heterocycles. The summed E-state index contributed by atoms with van der Waals surface area (Å²) in [7, 11) is -1.68. The second-order valence-corrected chi connectivity index (χ2v) is 10.6. The molecule has 0 aliphatic rings. The molecule has 0 bridgehead atoms. The third-order valence-electron chi connectivity index (χ3n) is 4.13. The molecule has 0 fully saturated rings. The van der Waals surface area contributed by atoms with Crippen LogP contribution in [0.5, 0.6) is 0 Å². The van der Waals surface area contributed by atoms with Crippen LogP contribution in [-0.2, 0) is 9.22 Å². The minimum atomic E-state index is -1.68. The molecule has 0 amide bonds. The Morgan fingerprint density at radius 3 is 2.19 bits per heavy atom. The van der Waals surface area contributed by atoms with E-state index < -0.39 is 8.32 Å². The topological polar surface area (TPSA) is 26.3 Å². The summed E-state index contributed by atoms with van der Waals surface area (Å²) in [5, 5.41) is 0.267. The summed E-state index contributed by atoms with van der Waals surface area (Å²) in [6, 6.07) is 0. The number of hydrogen-bond acceptors (Lipinski definition) is 2. The predicted molar refractivity (Wildman–Crippen MR) is 72.2 cm³/mol. The molecule has 0 N–H and O–H groups in total. The first kappa shape index (κ1) is 15.8. The first-order valence-electron chi connectivity index (χ1n) is 6.24. The molecule has 3 heteroatoms. The van der Waals surface area contributed by atoms with Crippen molar-refractivity contribution >= 4 is 14.1 Å². The molecule has 0 aromatic rings. The highest BCUT2D eigenvalue weighted by Gasteiger charge is 2.42. The number of carbonyl (C=O) groups excluding carboxylic acids is 1. The van der Waals surface area contributed by atoms with Crippen LogP contribution in [-0.4, -0.2) is 20.7 Å². The number of hydrogen-bond donors (Lipinski definition) is 0. The SMILES string of the molecule is CC(=O)CCCO[Si](C)(C)C(C)(C)C(C)C. The smallest absolute Gasteiger partial charge is 0.192 e. The average molecular weight is 244 g/mol. The average Bonchev–Trinajstić information content (AvgIpc) is 2.11. The van der Waals surface area contributed by atoms with Gasteiger partial charge < -0.3 is 9.22 Å². The van der Waals surface area contributed by atoms with Gasteiger partial charge in [0.1, 0.15) is 5.78 Å². The molecule has 0 saturated heterocycles. The highest BCUT2D eigenvalue weighted by molar-refractivity contribution is 6.74. The molecule has 0 atom stereocenters. The monoisotopic (exact) mass is 244 g/mol. The van der Waals surface area contributed by atoms with E-state index in [2.05, 4.69) is 40.8 Å². The van der Waals surface area contributed by atoms with Gasteiger partial charge in [-0.1, -0.05) is 27.7 Å². The van der Waals surface area contributed by atoms with Crippen molar-refractivity contribution in [1.29, 1.82) is 0 Å². The molecule has 0 radical (unpaired) electrons. The highest BCUT2D eigenvalue weighted by Crippen LogP contribution is 2.44. The van der Waals surface area contributed by atoms with Crippen LogP contribution in [0.25, 0.3) is 0 Å². The summed E-state index contributed by atoms with van der Waals surface area (Å²) in [6.07, 6.45) is 1.51. The fourth-order valence-electron chi connectivity index (χ4n) is 1.53. The van der Waals surface area contributed by atoms with Gasteiger partial charge in [0.05, 0.1) is 0 Å². The second kappa shape index (κ2) is 5.96. The Morgan fingerprint density at radius 1 is 1.31 bits per heavy atom. The van der Waals surface area contributed by atoms with E-state index in [-0.39, 0.29) is 10.8 Å². The van der Waals surface area contributed by atoms with Crippen molar-refractivity contribution in [3.8, 4) is 0 Å². The molecule has 0 aliphatic carbocycles. The van der Waals surface area contributed by atoms with Crippen molar-refractivity contribution in [2.24, 2.45) is 5.92 Å². The van der Waals surface area contributed by atoms with Crippen molar-refractivity contribution in [1.82, 2.24) is 0 Å². The Labute approximate surface area is 102 Å². The molecular weight excluding hydrogens is 216 g/mol. The fourth-order valence-corrected chi connectivity index (χ4v) is 3.95. The predicted octanol–water partition coefficient (Wildman–Crippen LogP) is 4.01. The van der Waals surface area contributed by atoms with Crippen LogP contribution in [0.4, 0.5) is 0 Å². The van der Waals surface area contributed by atoms with Crippen LogP contribution in [0.15, 0.2) is 0 Å². The van der Waals surface area contributed by atoms with Crippen molar-refractivity contribution in [3.05, 3.63) is 0 Å². The van der Waals surface area contributed by atoms with Gasteiger partial charge in [0, 0.05) is 13.0 Å². The Hall–Kier alpha value is -0.153. The van der Waals surface area contributed by atoms with Gasteiger partial charge >= 0.3 is 0 Å². The van der Waals surface area contributed by atoms with Gasteiger partial charge in [-0.05, 0) is 37.4 Å². The zero-order valence-corrected chi connectivity index (χ0v) is 13.0. The van der Waals surface area contributed by atoms with E-state index in [1.807, 2.05) is 0 Å². The van der Waals surface area contributed by atoms with Gasteiger partial charge in [0.25, 0.3) is 0 Å². The van der Waals surface area contributed by atoms with Gasteiger partial charge in [-0.3, -0.25) is 0 Å². The van der Waals surface area contributed by atoms with Crippen LogP contribution in [0.3, 0.4) is 0 Å². The lowest BCUT2D eigenvalue weighted by Gasteiger charge is -2.42. The summed E-state index contributed by atoms with van der Waals surface area (Å²) in [5.74, 6) is 0.883. The zero-order valence-electron chi connectivity index (χ0n) is 12.0. The van der Waals surface area contributed by atoms with Gasteiger partial charge in [0.15, 0.2) is 8.32 Å². The Bertz CT molecular complexity index is 232. The summed E-state index contributed by atoms with van der Waals surface area (Å²) in [4.78, 5) is 10.8. The van der Waals surface area contributed by atoms with Gasteiger partial charge in [-0.2, -0.15) is 0 Å². The fraction of sp³-hybridized carbons (Fsp3) is 0.923. The number of rotatable bonds is 7. The van der Waals surface area contributed by atoms with E-state index in [0.29, 0.717) is 12.3 Å². The number of ketones is 1. The highest BCUT2D eigenvalue weighted by atomic mass is 28.4. The molecule has 2 nitrogen and oxygen atoms in total. The number of Topliss-reactive ketones (excluding diaryl/α,β-unsaturated/α-hetero) is 1. The Morgan fingerprint density at radius 2 is 1.81 bits per heavy atom. The molecule has 0 spiro atoms. The first-order valence-corrected chi connectivity index (χ1v) is 9.15. The molecule has 96 valence electrons. The molecule has 0 rings (SSSR count). The lowest BCUT2D eigenvalue weighted by atomic mass is 9.99. The van der Waals surface area contributed by atoms with E-state index in [0.717, 1.165) is 13.0 Å². The maximum atomic E-state index is 10.8. The largest absolute Gasteiger partial charge is 0.417 e. The van der Waals surface area contributed by atoms with Crippen LogP contribution in [0, 0.1) is 5.92 Å². The maximum absolute atomic E-state index is 10.8. The van der Waals surface area contributed by atoms with E-state index in [1.54, 1.807) is 6.92 Å². The molecule has 0 aliphatic heterocycles. The molecule has 16 heavy (non-hydrogen) atoms. The van der Waals surface area contributed by atoms with E-state index in [4.69, 9.17) is 4.43 Å². The quantitative estimate of drug-likeness (QED) is 0.499. The van der Waals surface area contributed by atoms with Crippen molar-refractivity contribution in [2.45, 2.75) is 65.6 Å². The standard InChI is InChI=1S/C13H28O2Si/c1-11(2)13(4,5)16(6,7)15-10-8-9-12(3)14/h11H,8-10H2,1-7H3. The molecule has 0 saturated carbocycles. The normalized spacial score (nSPS) is 13.2. The summed E-state index contributed by atoms with van der Waals surface area (Å²) < 4.78 is 6.09. The van der Waals surface area contributed by atoms with Gasteiger partial charge in [-0.15, -0.1) is 0 Å². The third-order valence-corrected chi connectivity index (χ3v) is 8.74. The summed E-state index contributed by atoms with van der Waals surface area (Å²) in [5.41, 5.74) is 0. The Kier molecular flexibility index (Phi) is 5.91. The zero-order chi connectivity index (χ0) is 13.0. The van der Waals surface area contributed by atoms with Crippen molar-refractivity contribution < 1.29 is 9.22 Å². The van der Waals surface area contributed by atoms with Crippen molar-refractivity contribution in [2.75, 3.05) is 6.61 Å². The molecular formula is C13H28O2Si. The van der Waals surface area contributed by atoms with Crippen molar-refractivity contribution in [3.63, 3.8) is 0 Å². The van der Waals surface area contributed by atoms with E-state index in [9.17, 15) is 4.79 Å². The van der Waals surface area contributed by atoms with Crippen LogP contribution in [0.2, 0.25) is 18.1 Å². The lowest BCUT2D eigenvalue weighted by Crippen LogP contribution is -2.45. The molecule has 0 aromatic carbocycles. The van der Waals surface area contributed by atoms with Crippen LogP contribution < -0.4 is 0 Å². The van der Waals surface area contributed by atoms with Gasteiger partial charge in [0.2, 0.25) is 0 Å². The minimum absolute atomic E-state index is 0.256. The lowest BCUT2D eigenvalue weighted by molar-refractivity contribution is -0.117. The van der Waals surface area contributed by atoms with E-state index >= 15 is 0 Å². The Balaban J connectivity index is 4.19. The summed E-state index contributed by atoms with van der Waals surface area (Å²) >= 11 is 0. The van der Waals surface area contributed by atoms with Crippen LogP contribution >= 0.6 is 0 Å². The van der Waals surface area contributed by atoms with E-state index in [1.165, 1.54) is 0 Å². The second-order valence-electron chi connectivity index (χ2n) is 6.04.